The average Bonchev–Trinajstić information content (AvgIpc) is 1.67. The van der Waals surface area contributed by atoms with Crippen LogP contribution in [-0.4, -0.2) is 11.4 Å². The van der Waals surface area contributed by atoms with Crippen molar-refractivity contribution in [2.45, 2.75) is 25.6 Å². The maximum atomic E-state index is 10.2. The lowest BCUT2D eigenvalue weighted by Crippen LogP contribution is -2.37. The lowest BCUT2D eigenvalue weighted by atomic mass is 10.4. The monoisotopic (exact) mass is 134 g/mol. The maximum absolute atomic E-state index is 10.2. The predicted molar refractivity (Wildman–Crippen MR) is 35.8 cm³/mol. The van der Waals surface area contributed by atoms with Gasteiger partial charge in [-0.1, -0.05) is 6.92 Å². The highest BCUT2D eigenvalue weighted by molar-refractivity contribution is 7.67. The molecule has 0 atom stereocenters. The molecule has 2 nitrogen and oxygen atoms in total. The molecule has 48 valence electrons. The van der Waals surface area contributed by atoms with E-state index in [1.165, 1.54) is 0 Å². The second-order valence-electron chi connectivity index (χ2n) is 2.12. The van der Waals surface area contributed by atoms with Crippen LogP contribution in [0.1, 0.15) is 20.8 Å². The van der Waals surface area contributed by atoms with Crippen LogP contribution in [0.5, 0.6) is 0 Å². The van der Waals surface area contributed by atoms with Crippen LogP contribution in [0, 0.1) is 0 Å². The molecule has 0 bridgehead atoms. The van der Waals surface area contributed by atoms with E-state index in [4.69, 9.17) is 0 Å². The Kier molecular flexibility index (Phi) is 3.09. The Morgan fingerprint density at radius 1 is 1.62 bits per heavy atom. The standard InChI is InChI=1S/C5H12NOS/c1-4-6-5(2,3)8-7/h6H,4H2,1-3H3/q+1. The molecule has 0 spiro atoms. The van der Waals surface area contributed by atoms with Gasteiger partial charge in [-0.05, 0) is 6.54 Å². The van der Waals surface area contributed by atoms with E-state index < -0.39 is 0 Å². The Hall–Kier alpha value is -0.0200. The van der Waals surface area contributed by atoms with Crippen molar-refractivity contribution in [3.63, 3.8) is 0 Å². The first kappa shape index (κ1) is 7.98. The molecule has 0 aromatic carbocycles. The third kappa shape index (κ3) is 3.04. The van der Waals surface area contributed by atoms with E-state index in [9.17, 15) is 4.21 Å². The lowest BCUT2D eigenvalue weighted by molar-refractivity contribution is 0.523. The van der Waals surface area contributed by atoms with Crippen LogP contribution in [0.3, 0.4) is 0 Å². The summed E-state index contributed by atoms with van der Waals surface area (Å²) in [6.45, 7) is 6.57. The fraction of sp³-hybridized carbons (Fsp3) is 1.00. The zero-order valence-corrected chi connectivity index (χ0v) is 6.34. The normalized spacial score (nSPS) is 11.4. The molecule has 0 aromatic rings. The summed E-state index contributed by atoms with van der Waals surface area (Å²) in [5, 5.41) is 3.02. The summed E-state index contributed by atoms with van der Waals surface area (Å²) in [6.07, 6.45) is 0. The molecule has 0 aromatic heterocycles. The Morgan fingerprint density at radius 2 is 2.12 bits per heavy atom. The first-order valence-electron chi connectivity index (χ1n) is 2.68. The van der Waals surface area contributed by atoms with Gasteiger partial charge in [0, 0.05) is 18.1 Å². The molecule has 0 heterocycles. The van der Waals surface area contributed by atoms with E-state index in [2.05, 4.69) is 5.32 Å². The van der Waals surface area contributed by atoms with Crippen molar-refractivity contribution in [2.75, 3.05) is 6.54 Å². The van der Waals surface area contributed by atoms with E-state index in [0.29, 0.717) is 11.7 Å². The number of hydrogen-bond acceptors (Lipinski definition) is 2. The molecule has 1 N–H and O–H groups in total. The van der Waals surface area contributed by atoms with Gasteiger partial charge in [-0.2, -0.15) is 0 Å². The molecule has 8 heavy (non-hydrogen) atoms. The SMILES string of the molecule is CCNC(C)(C)[S+]=O. The number of hydrogen-bond donors (Lipinski definition) is 1. The van der Waals surface area contributed by atoms with Gasteiger partial charge in [-0.3, -0.25) is 5.32 Å². The third-order valence-corrected chi connectivity index (χ3v) is 1.37. The minimum Gasteiger partial charge on any atom is -0.259 e. The molecule has 0 aliphatic heterocycles. The highest BCUT2D eigenvalue weighted by atomic mass is 32.1. The number of rotatable bonds is 3. The van der Waals surface area contributed by atoms with Crippen LogP contribution in [0.25, 0.3) is 0 Å². The summed E-state index contributed by atoms with van der Waals surface area (Å²) >= 11 is 0.591. The molecule has 0 saturated heterocycles. The fourth-order valence-electron chi connectivity index (χ4n) is 0.455. The molecule has 0 aliphatic rings. The molecule has 0 aliphatic carbocycles. The van der Waals surface area contributed by atoms with Crippen molar-refractivity contribution < 1.29 is 4.21 Å². The summed E-state index contributed by atoms with van der Waals surface area (Å²) in [7, 11) is 0. The van der Waals surface area contributed by atoms with Crippen LogP contribution < -0.4 is 5.32 Å². The number of nitrogens with one attached hydrogen (secondary N) is 1. The van der Waals surface area contributed by atoms with Crippen molar-refractivity contribution in [3.8, 4) is 0 Å². The van der Waals surface area contributed by atoms with Crippen LogP contribution in [0.4, 0.5) is 0 Å². The molecule has 0 radical (unpaired) electrons. The van der Waals surface area contributed by atoms with Gasteiger partial charge in [-0.25, -0.2) is 0 Å². The van der Waals surface area contributed by atoms with Crippen molar-refractivity contribution >= 4 is 11.7 Å². The molecule has 0 rings (SSSR count). The molecule has 0 saturated carbocycles. The molecular weight excluding hydrogens is 122 g/mol. The third-order valence-electron chi connectivity index (χ3n) is 0.811. The van der Waals surface area contributed by atoms with Gasteiger partial charge in [0.15, 0.2) is 0 Å². The molecule has 0 unspecified atom stereocenters. The van der Waals surface area contributed by atoms with Crippen molar-refractivity contribution in [2.24, 2.45) is 0 Å². The van der Waals surface area contributed by atoms with Gasteiger partial charge in [-0.15, -0.1) is 0 Å². The quantitative estimate of drug-likeness (QED) is 0.456. The van der Waals surface area contributed by atoms with Crippen molar-refractivity contribution in [3.05, 3.63) is 0 Å². The Balaban J connectivity index is 3.53. The van der Waals surface area contributed by atoms with Gasteiger partial charge in [0.05, 0.1) is 0 Å². The second-order valence-corrected chi connectivity index (χ2v) is 3.31. The minimum absolute atomic E-state index is 0.297. The zero-order valence-electron chi connectivity index (χ0n) is 5.52. The fourth-order valence-corrected chi connectivity index (χ4v) is 0.658. The van der Waals surface area contributed by atoms with Crippen LogP contribution in [0.2, 0.25) is 0 Å². The molecule has 3 heteroatoms. The van der Waals surface area contributed by atoms with Crippen LogP contribution in [0.15, 0.2) is 0 Å². The Bertz CT molecular complexity index is 82.5. The first-order chi connectivity index (χ1) is 3.62. The Labute approximate surface area is 54.2 Å². The largest absolute Gasteiger partial charge is 0.482 e. The van der Waals surface area contributed by atoms with E-state index >= 15 is 0 Å². The van der Waals surface area contributed by atoms with E-state index in [1.54, 1.807) is 0 Å². The Morgan fingerprint density at radius 3 is 2.25 bits per heavy atom. The van der Waals surface area contributed by atoms with Crippen LogP contribution >= 0.6 is 0 Å². The lowest BCUT2D eigenvalue weighted by Gasteiger charge is -2.03. The topological polar surface area (TPSA) is 29.1 Å². The van der Waals surface area contributed by atoms with Gasteiger partial charge >= 0.3 is 11.7 Å². The highest BCUT2D eigenvalue weighted by Crippen LogP contribution is 1.97. The second kappa shape index (κ2) is 3.10. The van der Waals surface area contributed by atoms with Gasteiger partial charge in [0.1, 0.15) is 0 Å². The average molecular weight is 134 g/mol. The van der Waals surface area contributed by atoms with Gasteiger partial charge < -0.3 is 0 Å². The predicted octanol–water partition coefficient (Wildman–Crippen LogP) is 0.760. The molecular formula is C5H12NOS+. The zero-order chi connectivity index (χ0) is 6.62. The van der Waals surface area contributed by atoms with Gasteiger partial charge in [0.2, 0.25) is 0 Å². The van der Waals surface area contributed by atoms with Gasteiger partial charge in [0.25, 0.3) is 4.87 Å². The first-order valence-corrected chi connectivity index (χ1v) is 3.42. The summed E-state index contributed by atoms with van der Waals surface area (Å²) in [4.78, 5) is -0.297. The van der Waals surface area contributed by atoms with E-state index in [1.807, 2.05) is 20.8 Å². The van der Waals surface area contributed by atoms with E-state index in [-0.39, 0.29) is 4.87 Å². The summed E-state index contributed by atoms with van der Waals surface area (Å²) < 4.78 is 10.2. The van der Waals surface area contributed by atoms with Crippen molar-refractivity contribution in [1.82, 2.24) is 5.32 Å². The smallest absolute Gasteiger partial charge is 0.259 e. The summed E-state index contributed by atoms with van der Waals surface area (Å²) in [5.41, 5.74) is 0. The highest BCUT2D eigenvalue weighted by Gasteiger charge is 2.30. The maximum Gasteiger partial charge on any atom is 0.482 e. The minimum atomic E-state index is -0.297. The summed E-state index contributed by atoms with van der Waals surface area (Å²) in [6, 6.07) is 0. The van der Waals surface area contributed by atoms with Crippen molar-refractivity contribution in [1.29, 1.82) is 0 Å². The van der Waals surface area contributed by atoms with E-state index in [0.717, 1.165) is 6.54 Å². The van der Waals surface area contributed by atoms with Crippen LogP contribution in [-0.2, 0) is 15.9 Å². The molecule has 0 amide bonds. The summed E-state index contributed by atoms with van der Waals surface area (Å²) in [5.74, 6) is 0. The molecule has 0 fully saturated rings.